The van der Waals surface area contributed by atoms with E-state index in [0.29, 0.717) is 6.54 Å². The van der Waals surface area contributed by atoms with Crippen LogP contribution in [0.15, 0.2) is 64.6 Å². The molecule has 0 spiro atoms. The molecule has 0 saturated carbocycles. The summed E-state index contributed by atoms with van der Waals surface area (Å²) in [5.74, 6) is 0.823. The van der Waals surface area contributed by atoms with Crippen molar-refractivity contribution in [3.8, 4) is 27.6 Å². The number of rotatable bonds is 5. The zero-order chi connectivity index (χ0) is 17.9. The molecule has 5 nitrogen and oxygen atoms in total. The van der Waals surface area contributed by atoms with E-state index in [1.54, 1.807) is 23.1 Å². The fraction of sp³-hybridized carbons (Fsp3) is 0.105. The van der Waals surface area contributed by atoms with Crippen LogP contribution >= 0.6 is 27.3 Å². The lowest BCUT2D eigenvalue weighted by Crippen LogP contribution is -2.00. The fourth-order valence-corrected chi connectivity index (χ4v) is 3.62. The number of aromatic nitrogens is 4. The van der Waals surface area contributed by atoms with Gasteiger partial charge in [-0.1, -0.05) is 33.3 Å². The largest absolute Gasteiger partial charge is 0.497 e. The number of hydrogen-bond acceptors (Lipinski definition) is 5. The first kappa shape index (κ1) is 16.9. The van der Waals surface area contributed by atoms with Crippen molar-refractivity contribution in [2.75, 3.05) is 7.11 Å². The molecule has 130 valence electrons. The number of ether oxygens (including phenoxy) is 1. The third-order valence-electron chi connectivity index (χ3n) is 3.89. The molecule has 0 aliphatic heterocycles. The number of hydrogen-bond donors (Lipinski definition) is 0. The average molecular weight is 427 g/mol. The molecule has 7 heteroatoms. The van der Waals surface area contributed by atoms with Crippen LogP contribution in [0, 0.1) is 0 Å². The van der Waals surface area contributed by atoms with Gasteiger partial charge >= 0.3 is 0 Å². The van der Waals surface area contributed by atoms with Crippen LogP contribution in [0.2, 0.25) is 0 Å². The minimum atomic E-state index is 0.593. The zero-order valence-electron chi connectivity index (χ0n) is 14.0. The summed E-state index contributed by atoms with van der Waals surface area (Å²) < 4.78 is 8.05. The van der Waals surface area contributed by atoms with Crippen molar-refractivity contribution in [3.05, 3.63) is 70.3 Å². The molecule has 4 rings (SSSR count). The standard InChI is InChI=1S/C19H15BrN4OS/c1-25-17-8-4-13(5-9-17)18-11-24(23-22-18)10-16-12-26-19(21-16)14-2-6-15(20)7-3-14/h2-9,11-12H,10H2,1H3. The molecular formula is C19H15BrN4OS. The van der Waals surface area contributed by atoms with Crippen LogP contribution in [0.4, 0.5) is 0 Å². The number of benzene rings is 2. The Kier molecular flexibility index (Phi) is 4.81. The highest BCUT2D eigenvalue weighted by Gasteiger charge is 2.08. The molecule has 0 N–H and O–H groups in total. The van der Waals surface area contributed by atoms with Gasteiger partial charge in [0.1, 0.15) is 16.5 Å². The predicted octanol–water partition coefficient (Wildman–Crippen LogP) is 4.89. The van der Waals surface area contributed by atoms with Gasteiger partial charge in [-0.15, -0.1) is 16.4 Å². The van der Waals surface area contributed by atoms with Crippen LogP contribution in [0.1, 0.15) is 5.69 Å². The molecule has 26 heavy (non-hydrogen) atoms. The second-order valence-corrected chi connectivity index (χ2v) is 7.45. The van der Waals surface area contributed by atoms with E-state index in [2.05, 4.69) is 43.8 Å². The molecule has 0 radical (unpaired) electrons. The van der Waals surface area contributed by atoms with Gasteiger partial charge in [-0.05, 0) is 36.4 Å². The minimum Gasteiger partial charge on any atom is -0.497 e. The van der Waals surface area contributed by atoms with Gasteiger partial charge in [0.15, 0.2) is 0 Å². The van der Waals surface area contributed by atoms with E-state index in [0.717, 1.165) is 37.7 Å². The van der Waals surface area contributed by atoms with Crippen LogP contribution in [0.5, 0.6) is 5.75 Å². The van der Waals surface area contributed by atoms with Crippen molar-refractivity contribution >= 4 is 27.3 Å². The van der Waals surface area contributed by atoms with Crippen LogP contribution < -0.4 is 4.74 Å². The second-order valence-electron chi connectivity index (χ2n) is 5.68. The second kappa shape index (κ2) is 7.39. The van der Waals surface area contributed by atoms with Crippen molar-refractivity contribution in [1.29, 1.82) is 0 Å². The van der Waals surface area contributed by atoms with Gasteiger partial charge in [-0.2, -0.15) is 0 Å². The number of thiazole rings is 1. The van der Waals surface area contributed by atoms with Crippen molar-refractivity contribution in [3.63, 3.8) is 0 Å². The maximum atomic E-state index is 5.18. The first-order valence-electron chi connectivity index (χ1n) is 7.96. The van der Waals surface area contributed by atoms with Gasteiger partial charge in [-0.25, -0.2) is 9.67 Å². The Labute approximate surface area is 163 Å². The Bertz CT molecular complexity index is 1010. The van der Waals surface area contributed by atoms with Crippen molar-refractivity contribution < 1.29 is 4.74 Å². The van der Waals surface area contributed by atoms with Crippen LogP contribution in [-0.4, -0.2) is 27.1 Å². The minimum absolute atomic E-state index is 0.593. The summed E-state index contributed by atoms with van der Waals surface area (Å²) in [6.07, 6.45) is 1.93. The van der Waals surface area contributed by atoms with Gasteiger partial charge in [-0.3, -0.25) is 0 Å². The molecule has 0 saturated heterocycles. The predicted molar refractivity (Wildman–Crippen MR) is 106 cm³/mol. The molecule has 0 amide bonds. The quantitative estimate of drug-likeness (QED) is 0.455. The molecule has 2 aromatic carbocycles. The molecule has 0 unspecified atom stereocenters. The monoisotopic (exact) mass is 426 g/mol. The summed E-state index contributed by atoms with van der Waals surface area (Å²) in [4.78, 5) is 4.71. The third-order valence-corrected chi connectivity index (χ3v) is 5.36. The lowest BCUT2D eigenvalue weighted by molar-refractivity contribution is 0.415. The van der Waals surface area contributed by atoms with Crippen molar-refractivity contribution in [1.82, 2.24) is 20.0 Å². The van der Waals surface area contributed by atoms with Gasteiger partial charge in [0.05, 0.1) is 25.5 Å². The van der Waals surface area contributed by atoms with E-state index >= 15 is 0 Å². The van der Waals surface area contributed by atoms with E-state index in [1.807, 2.05) is 42.6 Å². The molecule has 2 heterocycles. The van der Waals surface area contributed by atoms with Gasteiger partial charge in [0.2, 0.25) is 0 Å². The first-order chi connectivity index (χ1) is 12.7. The lowest BCUT2D eigenvalue weighted by Gasteiger charge is -2.00. The van der Waals surface area contributed by atoms with Crippen molar-refractivity contribution in [2.45, 2.75) is 6.54 Å². The first-order valence-corrected chi connectivity index (χ1v) is 9.63. The van der Waals surface area contributed by atoms with E-state index in [4.69, 9.17) is 9.72 Å². The summed E-state index contributed by atoms with van der Waals surface area (Å²) >= 11 is 5.09. The number of methoxy groups -OCH3 is 1. The smallest absolute Gasteiger partial charge is 0.123 e. The Morgan fingerprint density at radius 1 is 1.04 bits per heavy atom. The van der Waals surface area contributed by atoms with E-state index in [-0.39, 0.29) is 0 Å². The maximum absolute atomic E-state index is 5.18. The molecule has 4 aromatic rings. The molecule has 0 bridgehead atoms. The molecule has 2 aromatic heterocycles. The van der Waals surface area contributed by atoms with E-state index < -0.39 is 0 Å². The Morgan fingerprint density at radius 3 is 2.50 bits per heavy atom. The summed E-state index contributed by atoms with van der Waals surface area (Å²) in [5.41, 5.74) is 3.92. The molecule has 0 aliphatic rings. The zero-order valence-corrected chi connectivity index (χ0v) is 16.4. The van der Waals surface area contributed by atoms with Crippen LogP contribution in [0.25, 0.3) is 21.8 Å². The Balaban J connectivity index is 1.49. The molecule has 0 atom stereocenters. The van der Waals surface area contributed by atoms with E-state index in [9.17, 15) is 0 Å². The summed E-state index contributed by atoms with van der Waals surface area (Å²) in [5, 5.41) is 11.5. The third kappa shape index (κ3) is 3.68. The molecule has 0 fully saturated rings. The normalized spacial score (nSPS) is 10.8. The van der Waals surface area contributed by atoms with Gasteiger partial charge in [0, 0.05) is 21.0 Å². The topological polar surface area (TPSA) is 52.8 Å². The van der Waals surface area contributed by atoms with E-state index in [1.165, 1.54) is 0 Å². The highest BCUT2D eigenvalue weighted by Crippen LogP contribution is 2.26. The van der Waals surface area contributed by atoms with Gasteiger partial charge < -0.3 is 4.74 Å². The summed E-state index contributed by atoms with van der Waals surface area (Å²) in [6, 6.07) is 15.9. The fourth-order valence-electron chi connectivity index (χ4n) is 2.54. The SMILES string of the molecule is COc1ccc(-c2cn(Cc3csc(-c4ccc(Br)cc4)n3)nn2)cc1. The average Bonchev–Trinajstić information content (AvgIpc) is 3.33. The number of nitrogens with zero attached hydrogens (tertiary/aromatic N) is 4. The Hall–Kier alpha value is -2.51. The molecular weight excluding hydrogens is 412 g/mol. The highest BCUT2D eigenvalue weighted by atomic mass is 79.9. The molecule has 0 aliphatic carbocycles. The van der Waals surface area contributed by atoms with Crippen LogP contribution in [0.3, 0.4) is 0 Å². The number of halogens is 1. The van der Waals surface area contributed by atoms with Crippen LogP contribution in [-0.2, 0) is 6.54 Å². The summed E-state index contributed by atoms with van der Waals surface area (Å²) in [7, 11) is 1.65. The van der Waals surface area contributed by atoms with Crippen molar-refractivity contribution in [2.24, 2.45) is 0 Å². The maximum Gasteiger partial charge on any atom is 0.123 e. The Morgan fingerprint density at radius 2 is 1.77 bits per heavy atom. The lowest BCUT2D eigenvalue weighted by atomic mass is 10.2. The highest BCUT2D eigenvalue weighted by molar-refractivity contribution is 9.10. The van der Waals surface area contributed by atoms with Gasteiger partial charge in [0.25, 0.3) is 0 Å². The summed E-state index contributed by atoms with van der Waals surface area (Å²) in [6.45, 7) is 0.593.